The lowest BCUT2D eigenvalue weighted by atomic mass is 9.99. The van der Waals surface area contributed by atoms with Crippen LogP contribution in [0, 0.1) is 5.92 Å². The van der Waals surface area contributed by atoms with E-state index in [1.54, 1.807) is 6.92 Å². The molecule has 39 heavy (non-hydrogen) atoms. The maximum atomic E-state index is 11.7. The van der Waals surface area contributed by atoms with Crippen molar-refractivity contribution in [1.82, 2.24) is 9.80 Å². The fraction of sp³-hybridized carbons (Fsp3) is 0.943. The summed E-state index contributed by atoms with van der Waals surface area (Å²) in [6, 6.07) is 0. The van der Waals surface area contributed by atoms with Gasteiger partial charge in [0.2, 0.25) is 11.8 Å². The van der Waals surface area contributed by atoms with Crippen molar-refractivity contribution in [2.24, 2.45) is 5.92 Å². The van der Waals surface area contributed by atoms with Gasteiger partial charge in [0.25, 0.3) is 0 Å². The molecule has 4 nitrogen and oxygen atoms in total. The molecule has 1 rings (SSSR count). The highest BCUT2D eigenvalue weighted by Crippen LogP contribution is 2.23. The fourth-order valence-electron chi connectivity index (χ4n) is 5.61. The maximum Gasteiger partial charge on any atom is 0.225 e. The Balaban J connectivity index is 0.000000741. The largest absolute Gasteiger partial charge is 0.345 e. The van der Waals surface area contributed by atoms with E-state index < -0.39 is 0 Å². The van der Waals surface area contributed by atoms with E-state index in [0.29, 0.717) is 11.8 Å². The summed E-state index contributed by atoms with van der Waals surface area (Å²) in [6.45, 7) is 11.3. The number of carbonyl (C=O) groups excluding carboxylic acids is 2. The molecule has 1 unspecified atom stereocenters. The molecular formula is C35H70N2O2. The van der Waals surface area contributed by atoms with Gasteiger partial charge in [0.1, 0.15) is 0 Å². The molecule has 4 heteroatoms. The number of hydrogen-bond donors (Lipinski definition) is 0. The lowest BCUT2D eigenvalue weighted by Crippen LogP contribution is -2.30. The number of unbranched alkanes of at least 4 members (excludes halogenated alkanes) is 19. The Hall–Kier alpha value is -1.06. The van der Waals surface area contributed by atoms with E-state index in [1.165, 1.54) is 135 Å². The van der Waals surface area contributed by atoms with Gasteiger partial charge in [-0.2, -0.15) is 0 Å². The first-order chi connectivity index (χ1) is 19.0. The average Bonchev–Trinajstić information content (AvgIpc) is 3.25. The second-order valence-electron chi connectivity index (χ2n) is 12.3. The van der Waals surface area contributed by atoms with Gasteiger partial charge in [-0.15, -0.1) is 0 Å². The smallest absolute Gasteiger partial charge is 0.225 e. The Labute approximate surface area is 245 Å². The topological polar surface area (TPSA) is 40.6 Å². The lowest BCUT2D eigenvalue weighted by molar-refractivity contribution is -0.130. The number of amides is 2. The van der Waals surface area contributed by atoms with E-state index in [1.807, 2.05) is 16.8 Å². The Morgan fingerprint density at radius 3 is 1.41 bits per heavy atom. The molecule has 232 valence electrons. The predicted octanol–water partition coefficient (Wildman–Crippen LogP) is 10.3. The molecule has 0 radical (unpaired) electrons. The van der Waals surface area contributed by atoms with E-state index >= 15 is 0 Å². The monoisotopic (exact) mass is 551 g/mol. The summed E-state index contributed by atoms with van der Waals surface area (Å²) in [5.74, 6) is 0.976. The predicted molar refractivity (Wildman–Crippen MR) is 171 cm³/mol. The van der Waals surface area contributed by atoms with Gasteiger partial charge >= 0.3 is 0 Å². The van der Waals surface area contributed by atoms with Gasteiger partial charge in [0, 0.05) is 39.5 Å². The van der Waals surface area contributed by atoms with Gasteiger partial charge in [-0.05, 0) is 25.7 Å². The molecule has 1 saturated heterocycles. The molecular weight excluding hydrogens is 480 g/mol. The van der Waals surface area contributed by atoms with Gasteiger partial charge < -0.3 is 9.80 Å². The summed E-state index contributed by atoms with van der Waals surface area (Å²) in [4.78, 5) is 27.1. The van der Waals surface area contributed by atoms with Crippen molar-refractivity contribution in [3.8, 4) is 0 Å². The molecule has 1 heterocycles. The van der Waals surface area contributed by atoms with Crippen LogP contribution in [0.4, 0.5) is 0 Å². The Bertz CT molecular complexity index is 551. The molecule has 0 bridgehead atoms. The van der Waals surface area contributed by atoms with Crippen LogP contribution in [0.5, 0.6) is 0 Å². The van der Waals surface area contributed by atoms with Crippen LogP contribution in [0.3, 0.4) is 0 Å². The van der Waals surface area contributed by atoms with Crippen molar-refractivity contribution in [1.29, 1.82) is 0 Å². The molecule has 0 aromatic heterocycles. The minimum Gasteiger partial charge on any atom is -0.345 e. The summed E-state index contributed by atoms with van der Waals surface area (Å²) in [5.41, 5.74) is 0. The van der Waals surface area contributed by atoms with E-state index in [0.717, 1.165) is 38.9 Å². The zero-order chi connectivity index (χ0) is 29.0. The first-order valence-corrected chi connectivity index (χ1v) is 17.5. The molecule has 1 atom stereocenters. The first kappa shape index (κ1) is 37.9. The van der Waals surface area contributed by atoms with E-state index in [-0.39, 0.29) is 5.91 Å². The highest BCUT2D eigenvalue weighted by molar-refractivity contribution is 5.80. The SMILES string of the molecule is CCCCCCCCCCCCC1CCN(C)C1=O.CCCCCCCCCCCCN(CCCC)C(C)=O. The summed E-state index contributed by atoms with van der Waals surface area (Å²) < 4.78 is 0. The number of likely N-dealkylation sites (tertiary alicyclic amines) is 1. The summed E-state index contributed by atoms with van der Waals surface area (Å²) in [5, 5.41) is 0. The van der Waals surface area contributed by atoms with Crippen molar-refractivity contribution in [3.63, 3.8) is 0 Å². The number of carbonyl (C=O) groups is 2. The summed E-state index contributed by atoms with van der Waals surface area (Å²) >= 11 is 0. The van der Waals surface area contributed by atoms with Gasteiger partial charge in [0.15, 0.2) is 0 Å². The highest BCUT2D eigenvalue weighted by atomic mass is 16.2. The lowest BCUT2D eigenvalue weighted by Gasteiger charge is -2.20. The molecule has 1 fully saturated rings. The zero-order valence-electron chi connectivity index (χ0n) is 27.4. The van der Waals surface area contributed by atoms with E-state index in [4.69, 9.17) is 0 Å². The quantitative estimate of drug-likeness (QED) is 0.106. The summed E-state index contributed by atoms with van der Waals surface area (Å²) in [7, 11) is 1.93. The number of hydrogen-bond acceptors (Lipinski definition) is 2. The van der Waals surface area contributed by atoms with Crippen LogP contribution in [0.2, 0.25) is 0 Å². The van der Waals surface area contributed by atoms with Gasteiger partial charge in [-0.1, -0.05) is 149 Å². The average molecular weight is 551 g/mol. The third kappa shape index (κ3) is 23.4. The normalized spacial score (nSPS) is 14.9. The van der Waals surface area contributed by atoms with Crippen LogP contribution >= 0.6 is 0 Å². The molecule has 1 aliphatic heterocycles. The van der Waals surface area contributed by atoms with Gasteiger partial charge in [-0.25, -0.2) is 0 Å². The number of rotatable bonds is 25. The minimum atomic E-state index is 0.245. The maximum absolute atomic E-state index is 11.7. The second-order valence-corrected chi connectivity index (χ2v) is 12.3. The molecule has 0 aliphatic carbocycles. The van der Waals surface area contributed by atoms with Crippen LogP contribution in [0.25, 0.3) is 0 Å². The highest BCUT2D eigenvalue weighted by Gasteiger charge is 2.27. The molecule has 0 saturated carbocycles. The van der Waals surface area contributed by atoms with E-state index in [9.17, 15) is 9.59 Å². The van der Waals surface area contributed by atoms with Crippen LogP contribution in [0.15, 0.2) is 0 Å². The summed E-state index contributed by atoms with van der Waals surface area (Å²) in [6.07, 6.45) is 31.9. The van der Waals surface area contributed by atoms with Gasteiger partial charge in [0.05, 0.1) is 0 Å². The Morgan fingerprint density at radius 1 is 0.641 bits per heavy atom. The fourth-order valence-corrected chi connectivity index (χ4v) is 5.61. The molecule has 2 amide bonds. The van der Waals surface area contributed by atoms with Crippen LogP contribution in [-0.4, -0.2) is 48.3 Å². The van der Waals surface area contributed by atoms with Crippen molar-refractivity contribution >= 4 is 11.8 Å². The van der Waals surface area contributed by atoms with Crippen LogP contribution in [0.1, 0.15) is 182 Å². The van der Waals surface area contributed by atoms with Crippen molar-refractivity contribution in [2.75, 3.05) is 26.7 Å². The van der Waals surface area contributed by atoms with Crippen molar-refractivity contribution in [3.05, 3.63) is 0 Å². The Morgan fingerprint density at radius 2 is 1.03 bits per heavy atom. The first-order valence-electron chi connectivity index (χ1n) is 17.5. The standard InChI is InChI=1S/C18H37NO.C17H33NO/c1-4-6-8-9-10-11-12-13-14-15-17-19(18(3)20)16-7-5-2;1-3-4-5-6-7-8-9-10-11-12-13-16-14-15-18(2)17(16)19/h4-17H2,1-3H3;16H,3-15H2,1-2H3. The van der Waals surface area contributed by atoms with Crippen molar-refractivity contribution < 1.29 is 9.59 Å². The molecule has 0 N–H and O–H groups in total. The molecule has 0 aromatic carbocycles. The third-order valence-corrected chi connectivity index (χ3v) is 8.45. The molecule has 1 aliphatic rings. The number of nitrogens with zero attached hydrogens (tertiary/aromatic N) is 2. The third-order valence-electron chi connectivity index (χ3n) is 8.45. The van der Waals surface area contributed by atoms with Crippen LogP contribution < -0.4 is 0 Å². The zero-order valence-corrected chi connectivity index (χ0v) is 27.4. The van der Waals surface area contributed by atoms with Crippen LogP contribution in [-0.2, 0) is 9.59 Å². The molecule has 0 spiro atoms. The Kier molecular flexibility index (Phi) is 27.7. The van der Waals surface area contributed by atoms with Crippen molar-refractivity contribution in [2.45, 2.75) is 182 Å². The molecule has 0 aromatic rings. The second kappa shape index (κ2) is 28.5. The van der Waals surface area contributed by atoms with E-state index in [2.05, 4.69) is 20.8 Å². The van der Waals surface area contributed by atoms with Gasteiger partial charge in [-0.3, -0.25) is 9.59 Å². The minimum absolute atomic E-state index is 0.245.